The Morgan fingerprint density at radius 2 is 1.92 bits per heavy atom. The van der Waals surface area contributed by atoms with E-state index in [1.807, 2.05) is 0 Å². The van der Waals surface area contributed by atoms with E-state index in [9.17, 15) is 13.2 Å². The van der Waals surface area contributed by atoms with Gasteiger partial charge >= 0.3 is 6.18 Å². The van der Waals surface area contributed by atoms with Gasteiger partial charge in [0.05, 0.1) is 6.61 Å². The Morgan fingerprint density at radius 1 is 1.20 bits per heavy atom. The number of benzene rings is 1. The average molecular weight is 359 g/mol. The summed E-state index contributed by atoms with van der Waals surface area (Å²) in [5, 5.41) is 6.28. The maximum atomic E-state index is 12.1. The molecule has 1 aliphatic carbocycles. The molecule has 0 unspecified atom stereocenters. The zero-order valence-corrected chi connectivity index (χ0v) is 14.2. The molecule has 140 valence electrons. The van der Waals surface area contributed by atoms with Gasteiger partial charge in [-0.3, -0.25) is 4.99 Å². The van der Waals surface area contributed by atoms with Gasteiger partial charge in [-0.25, -0.2) is 0 Å². The van der Waals surface area contributed by atoms with Crippen molar-refractivity contribution in [3.63, 3.8) is 0 Å². The first-order valence-electron chi connectivity index (χ1n) is 8.27. The van der Waals surface area contributed by atoms with E-state index in [-0.39, 0.29) is 5.75 Å². The summed E-state index contributed by atoms with van der Waals surface area (Å²) in [6.07, 6.45) is -1.78. The van der Waals surface area contributed by atoms with Crippen molar-refractivity contribution in [3.8, 4) is 5.75 Å². The van der Waals surface area contributed by atoms with E-state index in [0.29, 0.717) is 25.7 Å². The summed E-state index contributed by atoms with van der Waals surface area (Å²) in [7, 11) is 1.68. The number of ether oxygens (including phenoxy) is 2. The molecule has 0 amide bonds. The molecule has 2 rings (SSSR count). The highest BCUT2D eigenvalue weighted by Gasteiger charge is 2.28. The van der Waals surface area contributed by atoms with Gasteiger partial charge in [0.25, 0.3) is 0 Å². The molecule has 1 aliphatic rings. The number of nitrogens with one attached hydrogen (secondary N) is 2. The van der Waals surface area contributed by atoms with Crippen LogP contribution < -0.4 is 15.4 Å². The third kappa shape index (κ3) is 8.62. The van der Waals surface area contributed by atoms with E-state index < -0.39 is 12.8 Å². The van der Waals surface area contributed by atoms with Gasteiger partial charge in [-0.2, -0.15) is 13.2 Å². The summed E-state index contributed by atoms with van der Waals surface area (Å²) in [4.78, 5) is 4.11. The van der Waals surface area contributed by atoms with Crippen molar-refractivity contribution in [2.75, 3.05) is 33.4 Å². The van der Waals surface area contributed by atoms with Crippen LogP contribution in [0.1, 0.15) is 18.4 Å². The molecule has 8 heteroatoms. The van der Waals surface area contributed by atoms with Crippen LogP contribution in [0.5, 0.6) is 5.75 Å². The molecule has 0 saturated heterocycles. The molecule has 0 spiro atoms. The van der Waals surface area contributed by atoms with Crippen LogP contribution in [0.3, 0.4) is 0 Å². The normalized spacial score (nSPS) is 15.1. The molecule has 0 bridgehead atoms. The Hall–Kier alpha value is -1.96. The lowest BCUT2D eigenvalue weighted by Gasteiger charge is -2.13. The summed E-state index contributed by atoms with van der Waals surface area (Å²) >= 11 is 0. The van der Waals surface area contributed by atoms with Crippen LogP contribution in [0.15, 0.2) is 29.3 Å². The fourth-order valence-electron chi connectivity index (χ4n) is 2.05. The molecule has 0 radical (unpaired) electrons. The molecule has 1 fully saturated rings. The van der Waals surface area contributed by atoms with Crippen LogP contribution in [0.2, 0.25) is 0 Å². The van der Waals surface area contributed by atoms with E-state index in [1.54, 1.807) is 19.2 Å². The molecule has 0 aromatic heterocycles. The molecule has 1 aromatic rings. The van der Waals surface area contributed by atoms with Gasteiger partial charge in [0, 0.05) is 26.7 Å². The maximum Gasteiger partial charge on any atom is 0.422 e. The Balaban J connectivity index is 1.64. The molecule has 0 aliphatic heterocycles. The van der Waals surface area contributed by atoms with Crippen molar-refractivity contribution in [3.05, 3.63) is 29.8 Å². The van der Waals surface area contributed by atoms with Crippen molar-refractivity contribution in [1.82, 2.24) is 10.6 Å². The van der Waals surface area contributed by atoms with Crippen molar-refractivity contribution in [2.45, 2.75) is 25.6 Å². The highest BCUT2D eigenvalue weighted by molar-refractivity contribution is 5.79. The van der Waals surface area contributed by atoms with Crippen molar-refractivity contribution in [2.24, 2.45) is 10.9 Å². The second kappa shape index (κ2) is 9.50. The summed E-state index contributed by atoms with van der Waals surface area (Å²) in [6.45, 7) is 1.33. The lowest BCUT2D eigenvalue weighted by atomic mass is 10.2. The first kappa shape index (κ1) is 19.4. The summed E-state index contributed by atoms with van der Waals surface area (Å²) < 4.78 is 46.5. The van der Waals surface area contributed by atoms with E-state index in [1.165, 1.54) is 25.0 Å². The molecule has 25 heavy (non-hydrogen) atoms. The molecule has 1 aromatic carbocycles. The van der Waals surface area contributed by atoms with Gasteiger partial charge in [0.1, 0.15) is 5.75 Å². The Morgan fingerprint density at radius 3 is 2.52 bits per heavy atom. The number of hydrogen-bond acceptors (Lipinski definition) is 3. The predicted octanol–water partition coefficient (Wildman–Crippen LogP) is 2.72. The largest absolute Gasteiger partial charge is 0.484 e. The lowest BCUT2D eigenvalue weighted by Crippen LogP contribution is -2.38. The van der Waals surface area contributed by atoms with E-state index in [4.69, 9.17) is 4.74 Å². The zero-order chi connectivity index (χ0) is 18.1. The van der Waals surface area contributed by atoms with Gasteiger partial charge < -0.3 is 20.1 Å². The topological polar surface area (TPSA) is 54.9 Å². The Labute approximate surface area is 145 Å². The molecule has 5 nitrogen and oxygen atoms in total. The SMILES string of the molecule is CN=C(NCCOCC1CC1)NCc1ccc(OCC(F)(F)F)cc1. The van der Waals surface area contributed by atoms with Gasteiger partial charge in [-0.05, 0) is 36.5 Å². The van der Waals surface area contributed by atoms with Crippen LogP contribution >= 0.6 is 0 Å². The van der Waals surface area contributed by atoms with E-state index in [0.717, 1.165) is 18.1 Å². The molecule has 0 atom stereocenters. The van der Waals surface area contributed by atoms with Crippen molar-refractivity contribution >= 4 is 5.96 Å². The number of rotatable bonds is 9. The highest BCUT2D eigenvalue weighted by Crippen LogP contribution is 2.28. The first-order valence-corrected chi connectivity index (χ1v) is 8.27. The van der Waals surface area contributed by atoms with Gasteiger partial charge in [-0.15, -0.1) is 0 Å². The van der Waals surface area contributed by atoms with Gasteiger partial charge in [0.2, 0.25) is 0 Å². The number of alkyl halides is 3. The average Bonchev–Trinajstić information content (AvgIpc) is 3.40. The lowest BCUT2D eigenvalue weighted by molar-refractivity contribution is -0.153. The minimum Gasteiger partial charge on any atom is -0.484 e. The predicted molar refractivity (Wildman–Crippen MR) is 89.7 cm³/mol. The van der Waals surface area contributed by atoms with Gasteiger partial charge in [0.15, 0.2) is 12.6 Å². The number of halogens is 3. The zero-order valence-electron chi connectivity index (χ0n) is 14.2. The molecular weight excluding hydrogens is 335 g/mol. The van der Waals surface area contributed by atoms with Crippen molar-refractivity contribution in [1.29, 1.82) is 0 Å². The number of guanidine groups is 1. The fourth-order valence-corrected chi connectivity index (χ4v) is 2.05. The third-order valence-electron chi connectivity index (χ3n) is 3.60. The van der Waals surface area contributed by atoms with Crippen LogP contribution in [0.4, 0.5) is 13.2 Å². The quantitative estimate of drug-likeness (QED) is 0.404. The van der Waals surface area contributed by atoms with Crippen molar-refractivity contribution < 1.29 is 22.6 Å². The second-order valence-corrected chi connectivity index (χ2v) is 5.92. The Kier molecular flexibility index (Phi) is 7.36. The maximum absolute atomic E-state index is 12.1. The standard InChI is InChI=1S/C17H24F3N3O2/c1-21-16(22-8-9-24-11-14-2-3-14)23-10-13-4-6-15(7-5-13)25-12-17(18,19)20/h4-7,14H,2-3,8-12H2,1H3,(H2,21,22,23). The number of nitrogens with zero attached hydrogens (tertiary/aromatic N) is 1. The minimum atomic E-state index is -4.33. The summed E-state index contributed by atoms with van der Waals surface area (Å²) in [5.74, 6) is 1.59. The molecular formula is C17H24F3N3O2. The minimum absolute atomic E-state index is 0.191. The Bertz CT molecular complexity index is 543. The summed E-state index contributed by atoms with van der Waals surface area (Å²) in [5.41, 5.74) is 0.910. The van der Waals surface area contributed by atoms with Crippen LogP contribution in [0, 0.1) is 5.92 Å². The fraction of sp³-hybridized carbons (Fsp3) is 0.588. The number of aliphatic imine (C=N–C) groups is 1. The highest BCUT2D eigenvalue weighted by atomic mass is 19.4. The van der Waals surface area contributed by atoms with E-state index >= 15 is 0 Å². The van der Waals surface area contributed by atoms with Crippen LogP contribution in [-0.4, -0.2) is 45.5 Å². The van der Waals surface area contributed by atoms with E-state index in [2.05, 4.69) is 20.4 Å². The van der Waals surface area contributed by atoms with Gasteiger partial charge in [-0.1, -0.05) is 12.1 Å². The summed E-state index contributed by atoms with van der Waals surface area (Å²) in [6, 6.07) is 6.46. The number of hydrogen-bond donors (Lipinski definition) is 2. The first-order chi connectivity index (χ1) is 12.0. The monoisotopic (exact) mass is 359 g/mol. The second-order valence-electron chi connectivity index (χ2n) is 5.92. The molecule has 0 heterocycles. The molecule has 1 saturated carbocycles. The smallest absolute Gasteiger partial charge is 0.422 e. The third-order valence-corrected chi connectivity index (χ3v) is 3.60. The molecule has 2 N–H and O–H groups in total. The van der Waals surface area contributed by atoms with Crippen LogP contribution in [0.25, 0.3) is 0 Å². The van der Waals surface area contributed by atoms with Crippen LogP contribution in [-0.2, 0) is 11.3 Å².